The molecule has 4 unspecified atom stereocenters. The smallest absolute Gasteiger partial charge is 0.235 e. The van der Waals surface area contributed by atoms with Crippen molar-refractivity contribution >= 4 is 19.7 Å². The quantitative estimate of drug-likeness (QED) is 0.0455. The molecule has 76 heavy (non-hydrogen) atoms. The second kappa shape index (κ2) is 28.7. The van der Waals surface area contributed by atoms with Crippen LogP contribution in [0.1, 0.15) is 38.9 Å². The average Bonchev–Trinajstić information content (AvgIpc) is 3.45. The Morgan fingerprint density at radius 2 is 0.605 bits per heavy atom. The predicted molar refractivity (Wildman–Crippen MR) is 289 cm³/mol. The van der Waals surface area contributed by atoms with E-state index in [1.54, 1.807) is 0 Å². The Morgan fingerprint density at radius 3 is 0.947 bits per heavy atom. The fourth-order valence-electron chi connectivity index (χ4n) is 9.42. The number of halogens is 1. The van der Waals surface area contributed by atoms with Crippen molar-refractivity contribution < 1.29 is 55.8 Å². The molecular formula is C62H65ClO12S. The third-order valence-corrected chi connectivity index (χ3v) is 14.3. The average molecular weight is 1070 g/mol. The Kier molecular flexibility index (Phi) is 20.8. The summed E-state index contributed by atoms with van der Waals surface area (Å²) in [5, 5.41) is 0. The van der Waals surface area contributed by atoms with E-state index in [4.69, 9.17) is 58.1 Å². The third-order valence-electron chi connectivity index (χ3n) is 13.2. The summed E-state index contributed by atoms with van der Waals surface area (Å²) in [7, 11) is 1.95. The molecule has 398 valence electrons. The molecule has 14 heteroatoms. The van der Waals surface area contributed by atoms with Crippen LogP contribution in [0.15, 0.2) is 212 Å². The lowest BCUT2D eigenvalue weighted by molar-refractivity contribution is -0.362. The molecule has 2 heterocycles. The van der Waals surface area contributed by atoms with E-state index in [1.807, 2.05) is 212 Å². The van der Waals surface area contributed by atoms with Gasteiger partial charge in [-0.15, -0.1) is 0 Å². The number of benzene rings is 7. The summed E-state index contributed by atoms with van der Waals surface area (Å²) >= 11 is 0. The van der Waals surface area contributed by atoms with Gasteiger partial charge in [0.1, 0.15) is 54.9 Å². The number of rotatable bonds is 27. The van der Waals surface area contributed by atoms with Crippen molar-refractivity contribution in [2.45, 2.75) is 107 Å². The minimum Gasteiger partial charge on any atom is -0.374 e. The fraction of sp³-hybridized carbons (Fsp3) is 0.323. The van der Waals surface area contributed by atoms with Crippen LogP contribution in [0.3, 0.4) is 0 Å². The maximum absolute atomic E-state index is 13.2. The molecule has 0 N–H and O–H groups in total. The van der Waals surface area contributed by atoms with Gasteiger partial charge in [0.25, 0.3) is 0 Å². The lowest BCUT2D eigenvalue weighted by atomic mass is 9.93. The maximum Gasteiger partial charge on any atom is 0.235 e. The molecule has 0 radical (unpaired) electrons. The first-order valence-corrected chi connectivity index (χ1v) is 28.2. The number of hydrogen-bond donors (Lipinski definition) is 0. The maximum atomic E-state index is 13.2. The lowest BCUT2D eigenvalue weighted by Gasteiger charge is -2.50. The van der Waals surface area contributed by atoms with Crippen molar-refractivity contribution in [2.75, 3.05) is 19.0 Å². The van der Waals surface area contributed by atoms with Crippen LogP contribution in [-0.2, 0) is 103 Å². The molecule has 0 aromatic heterocycles. The predicted octanol–water partition coefficient (Wildman–Crippen LogP) is 10.8. The van der Waals surface area contributed by atoms with Gasteiger partial charge in [0, 0.05) is 10.7 Å². The van der Waals surface area contributed by atoms with Gasteiger partial charge in [0.15, 0.2) is 6.29 Å². The molecule has 12 nitrogen and oxygen atoms in total. The van der Waals surface area contributed by atoms with E-state index in [1.165, 1.54) is 0 Å². The van der Waals surface area contributed by atoms with Crippen molar-refractivity contribution in [3.8, 4) is 0 Å². The molecule has 9 rings (SSSR count). The van der Waals surface area contributed by atoms with Crippen LogP contribution in [-0.4, -0.2) is 88.6 Å². The van der Waals surface area contributed by atoms with Crippen LogP contribution in [0.5, 0.6) is 0 Å². The van der Waals surface area contributed by atoms with E-state index >= 15 is 0 Å². The molecule has 0 bridgehead atoms. The lowest BCUT2D eigenvalue weighted by Crippen LogP contribution is -2.66. The summed E-state index contributed by atoms with van der Waals surface area (Å²) in [6, 6.07) is 68.7. The van der Waals surface area contributed by atoms with Crippen molar-refractivity contribution in [3.05, 3.63) is 251 Å². The van der Waals surface area contributed by atoms with Gasteiger partial charge in [-0.3, -0.25) is 0 Å². The van der Waals surface area contributed by atoms with Gasteiger partial charge in [-0.05, 0) is 38.9 Å². The van der Waals surface area contributed by atoms with E-state index in [0.29, 0.717) is 6.61 Å². The molecular weight excluding hydrogens is 1000 g/mol. The van der Waals surface area contributed by atoms with Gasteiger partial charge in [0.2, 0.25) is 9.05 Å². The highest BCUT2D eigenvalue weighted by Gasteiger charge is 2.55. The molecule has 2 aliphatic heterocycles. The first kappa shape index (κ1) is 55.1. The highest BCUT2D eigenvalue weighted by molar-refractivity contribution is 8.13. The summed E-state index contributed by atoms with van der Waals surface area (Å²) in [5.41, 5.74) is 6.45. The van der Waals surface area contributed by atoms with Crippen LogP contribution in [0.4, 0.5) is 0 Å². The molecule has 0 aliphatic carbocycles. The zero-order valence-electron chi connectivity index (χ0n) is 42.2. The monoisotopic (exact) mass is 1070 g/mol. The van der Waals surface area contributed by atoms with Gasteiger partial charge >= 0.3 is 0 Å². The second-order valence-electron chi connectivity index (χ2n) is 18.9. The zero-order chi connectivity index (χ0) is 52.2. The van der Waals surface area contributed by atoms with E-state index in [0.717, 1.165) is 38.9 Å². The van der Waals surface area contributed by atoms with Gasteiger partial charge in [-0.1, -0.05) is 212 Å². The van der Waals surface area contributed by atoms with Gasteiger partial charge in [0.05, 0.1) is 65.2 Å². The van der Waals surface area contributed by atoms with Gasteiger partial charge in [-0.25, -0.2) is 8.42 Å². The van der Waals surface area contributed by atoms with Crippen LogP contribution in [0.25, 0.3) is 0 Å². The Bertz CT molecular complexity index is 2830. The van der Waals surface area contributed by atoms with Crippen molar-refractivity contribution in [2.24, 2.45) is 0 Å². The summed E-state index contributed by atoms with van der Waals surface area (Å²) in [6.45, 7) is 1.40. The van der Waals surface area contributed by atoms with Gasteiger partial charge < -0.3 is 47.4 Å². The molecule has 2 saturated heterocycles. The second-order valence-corrected chi connectivity index (χ2v) is 21.7. The largest absolute Gasteiger partial charge is 0.374 e. The van der Waals surface area contributed by atoms with Crippen molar-refractivity contribution in [3.63, 3.8) is 0 Å². The number of hydrogen-bond acceptors (Lipinski definition) is 12. The molecule has 0 spiro atoms. The molecule has 0 amide bonds. The van der Waals surface area contributed by atoms with Gasteiger partial charge in [-0.2, -0.15) is 0 Å². The van der Waals surface area contributed by atoms with Crippen molar-refractivity contribution in [1.82, 2.24) is 0 Å². The fourth-order valence-corrected chi connectivity index (χ4v) is 10.5. The molecule has 7 aromatic carbocycles. The Hall–Kier alpha value is -5.62. The minimum absolute atomic E-state index is 0.0440. The van der Waals surface area contributed by atoms with E-state index in [2.05, 4.69) is 0 Å². The Labute approximate surface area is 451 Å². The SMILES string of the molecule is O=S(=O)(Cl)C[C@@H]1OC(COCc2ccccc2)[C@@H](O[C@@H]2OC(COCc3ccccc3)[C@@H](OCc3ccccc3)[C@@H](OCc3ccccc3)C2OCc2ccccc2)[C@@H](OCc2ccccc2)C1OCc1ccccc1. The molecule has 2 fully saturated rings. The molecule has 10 atom stereocenters. The first-order chi connectivity index (χ1) is 37.3. The van der Waals surface area contributed by atoms with Crippen LogP contribution >= 0.6 is 10.7 Å². The highest BCUT2D eigenvalue weighted by Crippen LogP contribution is 2.37. The normalized spacial score (nSPS) is 23.8. The molecule has 0 saturated carbocycles. The summed E-state index contributed by atoms with van der Waals surface area (Å²) in [5.74, 6) is -0.583. The Morgan fingerprint density at radius 1 is 0.329 bits per heavy atom. The zero-order valence-corrected chi connectivity index (χ0v) is 43.8. The van der Waals surface area contributed by atoms with Crippen LogP contribution in [0, 0.1) is 0 Å². The van der Waals surface area contributed by atoms with Crippen LogP contribution < -0.4 is 0 Å². The Balaban J connectivity index is 1.13. The summed E-state index contributed by atoms with van der Waals surface area (Å²) in [6.07, 6.45) is -9.71. The van der Waals surface area contributed by atoms with E-state index in [-0.39, 0.29) is 52.9 Å². The summed E-state index contributed by atoms with van der Waals surface area (Å²) in [4.78, 5) is 0. The third kappa shape index (κ3) is 16.7. The summed E-state index contributed by atoms with van der Waals surface area (Å²) < 4.78 is 95.8. The topological polar surface area (TPSA) is 126 Å². The number of ether oxygens (including phenoxy) is 10. The standard InChI is InChI=1S/C62H65ClO12S/c63-76(64,65)45-55-57(69-39-49-28-14-4-15-29-49)59(70-40-50-30-16-5-17-31-50)58(54(73-55)44-67-37-47-24-10-2-11-25-47)75-62-61(72-42-52-34-20-7-21-35-52)60(71-41-51-32-18-6-19-33-51)56(68-38-48-26-12-3-13-27-48)53(74-62)43-66-36-46-22-8-1-9-23-46/h1-35,53-62H,36-45H2/t53?,54?,55-,56+,57?,58+,59-,60+,61?,62-/m0/s1. The minimum atomic E-state index is -4.17. The van der Waals surface area contributed by atoms with E-state index in [9.17, 15) is 8.42 Å². The molecule has 2 aliphatic rings. The van der Waals surface area contributed by atoms with Crippen LogP contribution in [0.2, 0.25) is 0 Å². The highest BCUT2D eigenvalue weighted by atomic mass is 35.7. The molecule has 7 aromatic rings. The first-order valence-electron chi connectivity index (χ1n) is 25.7. The van der Waals surface area contributed by atoms with E-state index < -0.39 is 76.0 Å². The van der Waals surface area contributed by atoms with Crippen molar-refractivity contribution in [1.29, 1.82) is 0 Å².